The predicted molar refractivity (Wildman–Crippen MR) is 54.9 cm³/mol. The van der Waals surface area contributed by atoms with E-state index in [0.717, 1.165) is 0 Å². The van der Waals surface area contributed by atoms with E-state index in [1.165, 1.54) is 13.0 Å². The standard InChI is InChI=1S/C10H13FN2O2/c1-7(11)5-6-12-9-4-2-3-8(13-9)10(14)15/h2-4,7H,5-6H2,1H3,(H,12,13)(H,14,15). The third-order valence-electron chi connectivity index (χ3n) is 1.82. The van der Waals surface area contributed by atoms with Gasteiger partial charge in [-0.2, -0.15) is 0 Å². The molecule has 0 saturated carbocycles. The molecule has 1 heterocycles. The molecule has 2 N–H and O–H groups in total. The number of hydrogen-bond acceptors (Lipinski definition) is 3. The van der Waals surface area contributed by atoms with Crippen molar-refractivity contribution < 1.29 is 14.3 Å². The Kier molecular flexibility index (Phi) is 4.03. The monoisotopic (exact) mass is 212 g/mol. The minimum Gasteiger partial charge on any atom is -0.477 e. The number of alkyl halides is 1. The average Bonchev–Trinajstić information content (AvgIpc) is 2.17. The molecule has 1 unspecified atom stereocenters. The van der Waals surface area contributed by atoms with E-state index in [2.05, 4.69) is 10.3 Å². The number of carboxylic acids is 1. The van der Waals surface area contributed by atoms with Crippen LogP contribution >= 0.6 is 0 Å². The summed E-state index contributed by atoms with van der Waals surface area (Å²) in [6.45, 7) is 1.91. The van der Waals surface area contributed by atoms with Gasteiger partial charge in [-0.1, -0.05) is 6.07 Å². The average molecular weight is 212 g/mol. The van der Waals surface area contributed by atoms with Gasteiger partial charge in [0.25, 0.3) is 0 Å². The number of anilines is 1. The summed E-state index contributed by atoms with van der Waals surface area (Å²) >= 11 is 0. The van der Waals surface area contributed by atoms with Crippen molar-refractivity contribution >= 4 is 11.8 Å². The first-order valence-electron chi connectivity index (χ1n) is 4.68. The Morgan fingerprint density at radius 3 is 3.00 bits per heavy atom. The number of halogens is 1. The number of carbonyl (C=O) groups is 1. The zero-order valence-corrected chi connectivity index (χ0v) is 8.40. The van der Waals surface area contributed by atoms with Crippen LogP contribution in [-0.2, 0) is 0 Å². The van der Waals surface area contributed by atoms with Crippen LogP contribution in [-0.4, -0.2) is 28.8 Å². The highest BCUT2D eigenvalue weighted by Gasteiger charge is 2.04. The van der Waals surface area contributed by atoms with Gasteiger partial charge < -0.3 is 10.4 Å². The Bertz CT molecular complexity index is 342. The lowest BCUT2D eigenvalue weighted by molar-refractivity contribution is 0.0690. The van der Waals surface area contributed by atoms with Gasteiger partial charge in [-0.05, 0) is 25.5 Å². The van der Waals surface area contributed by atoms with Gasteiger partial charge in [0.15, 0.2) is 5.69 Å². The van der Waals surface area contributed by atoms with Crippen molar-refractivity contribution in [3.63, 3.8) is 0 Å². The molecule has 0 spiro atoms. The third kappa shape index (κ3) is 3.93. The SMILES string of the molecule is CC(F)CCNc1cccc(C(=O)O)n1. The molecular weight excluding hydrogens is 199 g/mol. The molecule has 0 aliphatic carbocycles. The molecule has 1 aromatic rings. The molecule has 1 rings (SSSR count). The number of aromatic carboxylic acids is 1. The molecule has 15 heavy (non-hydrogen) atoms. The molecule has 5 heteroatoms. The Balaban J connectivity index is 2.54. The maximum Gasteiger partial charge on any atom is 0.354 e. The van der Waals surface area contributed by atoms with Crippen LogP contribution in [0, 0.1) is 0 Å². The smallest absolute Gasteiger partial charge is 0.354 e. The van der Waals surface area contributed by atoms with Crippen LogP contribution in [0.4, 0.5) is 10.2 Å². The minimum atomic E-state index is -1.07. The summed E-state index contributed by atoms with van der Waals surface area (Å²) in [4.78, 5) is 14.4. The molecule has 4 nitrogen and oxygen atoms in total. The molecule has 0 aromatic carbocycles. The highest BCUT2D eigenvalue weighted by Crippen LogP contribution is 2.05. The third-order valence-corrected chi connectivity index (χ3v) is 1.82. The molecule has 0 fully saturated rings. The maximum atomic E-state index is 12.5. The summed E-state index contributed by atoms with van der Waals surface area (Å²) in [6, 6.07) is 4.65. The summed E-state index contributed by atoms with van der Waals surface area (Å²) in [6.07, 6.45) is -0.501. The van der Waals surface area contributed by atoms with E-state index in [4.69, 9.17) is 5.11 Å². The van der Waals surface area contributed by atoms with E-state index in [1.54, 1.807) is 12.1 Å². The van der Waals surface area contributed by atoms with E-state index in [1.807, 2.05) is 0 Å². The normalized spacial score (nSPS) is 12.1. The molecular formula is C10H13FN2O2. The second-order valence-electron chi connectivity index (χ2n) is 3.21. The molecule has 0 saturated heterocycles. The first kappa shape index (κ1) is 11.4. The predicted octanol–water partition coefficient (Wildman–Crippen LogP) is 1.94. The second kappa shape index (κ2) is 5.29. The molecule has 1 aromatic heterocycles. The van der Waals surface area contributed by atoms with E-state index >= 15 is 0 Å². The summed E-state index contributed by atoms with van der Waals surface area (Å²) < 4.78 is 12.5. The van der Waals surface area contributed by atoms with E-state index in [-0.39, 0.29) is 5.69 Å². The molecule has 0 aliphatic heterocycles. The zero-order valence-electron chi connectivity index (χ0n) is 8.40. The van der Waals surface area contributed by atoms with Crippen molar-refractivity contribution in [3.8, 4) is 0 Å². The van der Waals surface area contributed by atoms with Crippen LogP contribution in [0.3, 0.4) is 0 Å². The summed E-state index contributed by atoms with van der Waals surface area (Å²) in [5.41, 5.74) is -0.0201. The van der Waals surface area contributed by atoms with E-state index < -0.39 is 12.1 Å². The molecule has 0 amide bonds. The number of nitrogens with zero attached hydrogens (tertiary/aromatic N) is 1. The molecule has 82 valence electrons. The second-order valence-corrected chi connectivity index (χ2v) is 3.21. The van der Waals surface area contributed by atoms with Crippen LogP contribution in [0.2, 0.25) is 0 Å². The van der Waals surface area contributed by atoms with Crippen LogP contribution in [0.15, 0.2) is 18.2 Å². The first-order valence-corrected chi connectivity index (χ1v) is 4.68. The Morgan fingerprint density at radius 1 is 1.67 bits per heavy atom. The van der Waals surface area contributed by atoms with Gasteiger partial charge in [-0.15, -0.1) is 0 Å². The van der Waals surface area contributed by atoms with Crippen LogP contribution in [0.5, 0.6) is 0 Å². The lowest BCUT2D eigenvalue weighted by Crippen LogP contribution is -2.09. The zero-order chi connectivity index (χ0) is 11.3. The Hall–Kier alpha value is -1.65. The van der Waals surface area contributed by atoms with Crippen molar-refractivity contribution in [3.05, 3.63) is 23.9 Å². The summed E-state index contributed by atoms with van der Waals surface area (Å²) in [5, 5.41) is 11.5. The van der Waals surface area contributed by atoms with Crippen molar-refractivity contribution in [2.75, 3.05) is 11.9 Å². The molecule has 0 bridgehead atoms. The summed E-state index contributed by atoms with van der Waals surface area (Å²) in [7, 11) is 0. The van der Waals surface area contributed by atoms with Crippen LogP contribution in [0.25, 0.3) is 0 Å². The van der Waals surface area contributed by atoms with Crippen molar-refractivity contribution in [2.45, 2.75) is 19.5 Å². The lowest BCUT2D eigenvalue weighted by Gasteiger charge is -2.06. The van der Waals surface area contributed by atoms with Gasteiger partial charge in [-0.25, -0.2) is 14.2 Å². The fourth-order valence-electron chi connectivity index (χ4n) is 1.05. The van der Waals surface area contributed by atoms with Gasteiger partial charge in [0.05, 0.1) is 6.17 Å². The maximum absolute atomic E-state index is 12.5. The largest absolute Gasteiger partial charge is 0.477 e. The van der Waals surface area contributed by atoms with Crippen LogP contribution < -0.4 is 5.32 Å². The molecule has 1 atom stereocenters. The first-order chi connectivity index (χ1) is 7.09. The van der Waals surface area contributed by atoms with Gasteiger partial charge in [0.2, 0.25) is 0 Å². The highest BCUT2D eigenvalue weighted by molar-refractivity contribution is 5.85. The summed E-state index contributed by atoms with van der Waals surface area (Å²) in [5.74, 6) is -0.618. The highest BCUT2D eigenvalue weighted by atomic mass is 19.1. The fourth-order valence-corrected chi connectivity index (χ4v) is 1.05. The number of carboxylic acid groups (broad SMARTS) is 1. The fraction of sp³-hybridized carbons (Fsp3) is 0.400. The van der Waals surface area contributed by atoms with Crippen LogP contribution in [0.1, 0.15) is 23.8 Å². The van der Waals surface area contributed by atoms with E-state index in [9.17, 15) is 9.18 Å². The number of hydrogen-bond donors (Lipinski definition) is 2. The molecule has 0 radical (unpaired) electrons. The van der Waals surface area contributed by atoms with Gasteiger partial charge in [0, 0.05) is 6.54 Å². The topological polar surface area (TPSA) is 62.2 Å². The van der Waals surface area contributed by atoms with Gasteiger partial charge in [-0.3, -0.25) is 0 Å². The number of aromatic nitrogens is 1. The van der Waals surface area contributed by atoms with Crippen molar-refractivity contribution in [1.82, 2.24) is 4.98 Å². The number of pyridine rings is 1. The van der Waals surface area contributed by atoms with E-state index in [0.29, 0.717) is 18.8 Å². The van der Waals surface area contributed by atoms with Gasteiger partial charge >= 0.3 is 5.97 Å². The van der Waals surface area contributed by atoms with Crippen molar-refractivity contribution in [1.29, 1.82) is 0 Å². The minimum absolute atomic E-state index is 0.0201. The Labute approximate surface area is 87.1 Å². The Morgan fingerprint density at radius 2 is 2.40 bits per heavy atom. The quantitative estimate of drug-likeness (QED) is 0.783. The molecule has 0 aliphatic rings. The number of rotatable bonds is 5. The lowest BCUT2D eigenvalue weighted by atomic mass is 10.3. The van der Waals surface area contributed by atoms with Crippen molar-refractivity contribution in [2.24, 2.45) is 0 Å². The number of nitrogens with one attached hydrogen (secondary N) is 1. The van der Waals surface area contributed by atoms with Gasteiger partial charge in [0.1, 0.15) is 5.82 Å².